The number of carbonyl (C=O) groups is 2. The van der Waals surface area contributed by atoms with Crippen LogP contribution < -0.4 is 20.1 Å². The van der Waals surface area contributed by atoms with E-state index in [-0.39, 0.29) is 23.9 Å². The number of anilines is 1. The highest BCUT2D eigenvalue weighted by Gasteiger charge is 2.23. The number of ether oxygens (including phenoxy) is 2. The Kier molecular flexibility index (Phi) is 4.01. The number of fused-ring (bicyclic) bond motifs is 2. The summed E-state index contributed by atoms with van der Waals surface area (Å²) in [5, 5.41) is 5.59. The first-order valence-corrected chi connectivity index (χ1v) is 8.76. The van der Waals surface area contributed by atoms with Crippen molar-refractivity contribution >= 4 is 29.3 Å². The maximum Gasteiger partial charge on any atom is 0.251 e. The smallest absolute Gasteiger partial charge is 0.251 e. The molecule has 128 valence electrons. The zero-order valence-electron chi connectivity index (χ0n) is 13.5. The largest absolute Gasteiger partial charge is 0.454 e. The summed E-state index contributed by atoms with van der Waals surface area (Å²) in [6.45, 7) is 2.46. The molecule has 0 bridgehead atoms. The number of thioether (sulfide) groups is 1. The van der Waals surface area contributed by atoms with Crippen LogP contribution in [0, 0.1) is 0 Å². The van der Waals surface area contributed by atoms with E-state index in [1.54, 1.807) is 12.1 Å². The average Bonchev–Trinajstić information content (AvgIpc) is 3.08. The van der Waals surface area contributed by atoms with Gasteiger partial charge in [0.15, 0.2) is 11.5 Å². The molecule has 4 rings (SSSR count). The summed E-state index contributed by atoms with van der Waals surface area (Å²) in [6, 6.07) is 10.9. The van der Waals surface area contributed by atoms with Crippen molar-refractivity contribution in [1.29, 1.82) is 0 Å². The molecule has 0 saturated heterocycles. The number of carbonyl (C=O) groups excluding carboxylic acids is 2. The van der Waals surface area contributed by atoms with E-state index in [4.69, 9.17) is 9.47 Å². The van der Waals surface area contributed by atoms with Crippen LogP contribution in [0.5, 0.6) is 11.5 Å². The Morgan fingerprint density at radius 3 is 2.96 bits per heavy atom. The second-order valence-corrected chi connectivity index (χ2v) is 7.21. The second kappa shape index (κ2) is 6.33. The quantitative estimate of drug-likeness (QED) is 0.884. The van der Waals surface area contributed by atoms with E-state index in [1.165, 1.54) is 11.8 Å². The Balaban J connectivity index is 1.45. The summed E-state index contributed by atoms with van der Waals surface area (Å²) in [7, 11) is 0. The molecule has 2 aromatic carbocycles. The van der Waals surface area contributed by atoms with Crippen LogP contribution in [0.4, 0.5) is 5.69 Å². The fourth-order valence-corrected chi connectivity index (χ4v) is 3.62. The molecule has 2 aromatic rings. The van der Waals surface area contributed by atoms with Gasteiger partial charge in [-0.15, -0.1) is 11.8 Å². The van der Waals surface area contributed by atoms with Gasteiger partial charge >= 0.3 is 0 Å². The first kappa shape index (κ1) is 15.8. The molecule has 0 aromatic heterocycles. The fourth-order valence-electron chi connectivity index (χ4n) is 2.69. The molecule has 0 radical (unpaired) electrons. The Morgan fingerprint density at radius 1 is 1.24 bits per heavy atom. The van der Waals surface area contributed by atoms with Gasteiger partial charge in [-0.3, -0.25) is 9.59 Å². The number of rotatable bonds is 3. The topological polar surface area (TPSA) is 76.7 Å². The van der Waals surface area contributed by atoms with Gasteiger partial charge in [0.2, 0.25) is 12.7 Å². The molecule has 2 heterocycles. The zero-order chi connectivity index (χ0) is 17.4. The van der Waals surface area contributed by atoms with Crippen molar-refractivity contribution in [2.45, 2.75) is 23.6 Å². The molecule has 0 aliphatic carbocycles. The maximum absolute atomic E-state index is 12.4. The van der Waals surface area contributed by atoms with Crippen molar-refractivity contribution in [2.24, 2.45) is 0 Å². The first-order valence-electron chi connectivity index (χ1n) is 7.88. The van der Waals surface area contributed by atoms with Gasteiger partial charge in [0.1, 0.15) is 0 Å². The van der Waals surface area contributed by atoms with Crippen molar-refractivity contribution in [3.05, 3.63) is 47.5 Å². The van der Waals surface area contributed by atoms with Gasteiger partial charge in [-0.05, 0) is 42.8 Å². The summed E-state index contributed by atoms with van der Waals surface area (Å²) in [6.07, 6.45) is 0. The van der Waals surface area contributed by atoms with Crippen LogP contribution in [0.15, 0.2) is 41.3 Å². The normalized spacial score (nSPS) is 17.6. The summed E-state index contributed by atoms with van der Waals surface area (Å²) < 4.78 is 10.6. The first-order chi connectivity index (χ1) is 12.1. The number of benzene rings is 2. The van der Waals surface area contributed by atoms with Crippen LogP contribution in [0.3, 0.4) is 0 Å². The lowest BCUT2D eigenvalue weighted by atomic mass is 10.1. The van der Waals surface area contributed by atoms with Crippen molar-refractivity contribution < 1.29 is 19.1 Å². The molecular weight excluding hydrogens is 340 g/mol. The maximum atomic E-state index is 12.4. The summed E-state index contributed by atoms with van der Waals surface area (Å²) >= 11 is 1.49. The molecular formula is C18H16N2O4S. The number of hydrogen-bond donors (Lipinski definition) is 2. The van der Waals surface area contributed by atoms with Gasteiger partial charge in [-0.1, -0.05) is 6.07 Å². The standard InChI is InChI=1S/C18H16N2O4S/c1-10-17(21)20-13-7-12(3-5-16(13)25-10)18(22)19-8-11-2-4-14-15(6-11)24-9-23-14/h2-7,10H,8-9H2,1H3,(H,19,22)(H,20,21)/t10-/m1/s1. The van der Waals surface area contributed by atoms with Gasteiger partial charge in [-0.25, -0.2) is 0 Å². The fraction of sp³-hybridized carbons (Fsp3) is 0.222. The molecule has 2 N–H and O–H groups in total. The Labute approximate surface area is 148 Å². The zero-order valence-corrected chi connectivity index (χ0v) is 14.3. The van der Waals surface area contributed by atoms with Crippen LogP contribution in [-0.4, -0.2) is 23.9 Å². The molecule has 0 unspecified atom stereocenters. The molecule has 2 amide bonds. The van der Waals surface area contributed by atoms with E-state index < -0.39 is 0 Å². The molecule has 2 aliphatic heterocycles. The van der Waals surface area contributed by atoms with Crippen LogP contribution >= 0.6 is 11.8 Å². The molecule has 7 heteroatoms. The van der Waals surface area contributed by atoms with Crippen molar-refractivity contribution in [2.75, 3.05) is 12.1 Å². The van der Waals surface area contributed by atoms with E-state index in [2.05, 4.69) is 10.6 Å². The summed E-state index contributed by atoms with van der Waals surface area (Å²) in [5.74, 6) is 1.16. The van der Waals surface area contributed by atoms with Gasteiger partial charge in [0.25, 0.3) is 5.91 Å². The Hall–Kier alpha value is -2.67. The van der Waals surface area contributed by atoms with Crippen LogP contribution in [-0.2, 0) is 11.3 Å². The predicted octanol–water partition coefficient (Wildman–Crippen LogP) is 2.78. The highest BCUT2D eigenvalue weighted by atomic mass is 32.2. The monoisotopic (exact) mass is 356 g/mol. The molecule has 0 fully saturated rings. The van der Waals surface area contributed by atoms with Gasteiger partial charge < -0.3 is 20.1 Å². The lowest BCUT2D eigenvalue weighted by molar-refractivity contribution is -0.115. The van der Waals surface area contributed by atoms with Crippen molar-refractivity contribution in [3.63, 3.8) is 0 Å². The third kappa shape index (κ3) is 3.15. The van der Waals surface area contributed by atoms with E-state index >= 15 is 0 Å². The summed E-state index contributed by atoms with van der Waals surface area (Å²) in [4.78, 5) is 25.2. The van der Waals surface area contributed by atoms with E-state index in [1.807, 2.05) is 31.2 Å². The third-order valence-electron chi connectivity index (χ3n) is 4.06. The Morgan fingerprint density at radius 2 is 2.08 bits per heavy atom. The minimum Gasteiger partial charge on any atom is -0.454 e. The predicted molar refractivity (Wildman–Crippen MR) is 94.1 cm³/mol. The van der Waals surface area contributed by atoms with E-state index in [0.717, 1.165) is 10.5 Å². The summed E-state index contributed by atoms with van der Waals surface area (Å²) in [5.41, 5.74) is 2.12. The van der Waals surface area contributed by atoms with Crippen LogP contribution in [0.1, 0.15) is 22.8 Å². The van der Waals surface area contributed by atoms with Gasteiger partial charge in [0, 0.05) is 17.0 Å². The molecule has 25 heavy (non-hydrogen) atoms. The molecule has 0 spiro atoms. The Bertz CT molecular complexity index is 868. The van der Waals surface area contributed by atoms with Crippen LogP contribution in [0.25, 0.3) is 0 Å². The number of amides is 2. The molecule has 1 atom stereocenters. The SMILES string of the molecule is C[C@H]1Sc2ccc(C(=O)NCc3ccc4c(c3)OCO4)cc2NC1=O. The second-order valence-electron chi connectivity index (χ2n) is 5.83. The lowest BCUT2D eigenvalue weighted by Gasteiger charge is -2.21. The minimum absolute atomic E-state index is 0.0459. The molecule has 2 aliphatic rings. The van der Waals surface area contributed by atoms with E-state index in [0.29, 0.717) is 29.3 Å². The van der Waals surface area contributed by atoms with E-state index in [9.17, 15) is 9.59 Å². The van der Waals surface area contributed by atoms with Crippen LogP contribution in [0.2, 0.25) is 0 Å². The molecule has 0 saturated carbocycles. The third-order valence-corrected chi connectivity index (χ3v) is 5.24. The number of hydrogen-bond acceptors (Lipinski definition) is 5. The van der Waals surface area contributed by atoms with Gasteiger partial charge in [-0.2, -0.15) is 0 Å². The van der Waals surface area contributed by atoms with Crippen molar-refractivity contribution in [1.82, 2.24) is 5.32 Å². The van der Waals surface area contributed by atoms with Crippen molar-refractivity contribution in [3.8, 4) is 11.5 Å². The average molecular weight is 356 g/mol. The lowest BCUT2D eigenvalue weighted by Crippen LogP contribution is -2.27. The minimum atomic E-state index is -0.196. The highest BCUT2D eigenvalue weighted by molar-refractivity contribution is 8.00. The highest BCUT2D eigenvalue weighted by Crippen LogP contribution is 2.36. The molecule has 6 nitrogen and oxygen atoms in total. The van der Waals surface area contributed by atoms with Gasteiger partial charge in [0.05, 0.1) is 10.9 Å². The number of nitrogens with one attached hydrogen (secondary N) is 2.